The summed E-state index contributed by atoms with van der Waals surface area (Å²) in [6.45, 7) is 0.428. The molecule has 5 nitrogen and oxygen atoms in total. The minimum Gasteiger partial charge on any atom is -0.383 e. The molecule has 0 aliphatic carbocycles. The molecule has 3 N–H and O–H groups in total. The monoisotopic (exact) mass is 275 g/mol. The zero-order chi connectivity index (χ0) is 12.7. The lowest BCUT2D eigenvalue weighted by Crippen LogP contribution is -2.26. The second-order valence-electron chi connectivity index (χ2n) is 3.48. The van der Waals surface area contributed by atoms with Crippen LogP contribution in [0.5, 0.6) is 0 Å². The smallest absolute Gasteiger partial charge is 0.244 e. The zero-order valence-corrected chi connectivity index (χ0v) is 11.4. The highest BCUT2D eigenvalue weighted by molar-refractivity contribution is 7.98. The summed E-state index contributed by atoms with van der Waals surface area (Å²) in [6, 6.07) is 3.01. The van der Waals surface area contributed by atoms with E-state index in [0.29, 0.717) is 6.54 Å². The predicted octanol–water partition coefficient (Wildman–Crippen LogP) is 1.09. The molecule has 7 heteroatoms. The molecule has 0 saturated heterocycles. The first-order valence-electron chi connectivity index (χ1n) is 5.27. The van der Waals surface area contributed by atoms with Crippen LogP contribution in [0.25, 0.3) is 0 Å². The van der Waals surface area contributed by atoms with Gasteiger partial charge < -0.3 is 5.73 Å². The maximum Gasteiger partial charge on any atom is 0.244 e. The molecule has 0 saturated carbocycles. The lowest BCUT2D eigenvalue weighted by atomic mass is 10.3. The Kier molecular flexibility index (Phi) is 5.73. The Morgan fingerprint density at radius 1 is 1.47 bits per heavy atom. The van der Waals surface area contributed by atoms with Gasteiger partial charge in [-0.05, 0) is 37.0 Å². The van der Waals surface area contributed by atoms with Crippen molar-refractivity contribution in [3.05, 3.63) is 18.3 Å². The minimum atomic E-state index is -3.52. The molecule has 0 unspecified atom stereocenters. The second-order valence-corrected chi connectivity index (χ2v) is 6.21. The fraction of sp³-hybridized carbons (Fsp3) is 0.500. The summed E-state index contributed by atoms with van der Waals surface area (Å²) in [5.41, 5.74) is 5.52. The Hall–Kier alpha value is -0.790. The van der Waals surface area contributed by atoms with Crippen molar-refractivity contribution in [3.8, 4) is 0 Å². The van der Waals surface area contributed by atoms with Crippen molar-refractivity contribution in [1.82, 2.24) is 9.71 Å². The average molecular weight is 275 g/mol. The lowest BCUT2D eigenvalue weighted by molar-refractivity contribution is 0.578. The van der Waals surface area contributed by atoms with Crippen LogP contribution in [0.3, 0.4) is 0 Å². The maximum absolute atomic E-state index is 11.8. The van der Waals surface area contributed by atoms with E-state index in [1.165, 1.54) is 12.3 Å². The van der Waals surface area contributed by atoms with Crippen LogP contribution < -0.4 is 10.5 Å². The molecular weight excluding hydrogens is 258 g/mol. The Morgan fingerprint density at radius 3 is 2.88 bits per heavy atom. The number of pyridine rings is 1. The van der Waals surface area contributed by atoms with Gasteiger partial charge in [-0.2, -0.15) is 11.8 Å². The molecule has 96 valence electrons. The van der Waals surface area contributed by atoms with Gasteiger partial charge in [0.25, 0.3) is 0 Å². The summed E-state index contributed by atoms with van der Waals surface area (Å²) < 4.78 is 26.2. The predicted molar refractivity (Wildman–Crippen MR) is 71.5 cm³/mol. The Bertz CT molecular complexity index is 449. The number of nitrogens with one attached hydrogen (secondary N) is 1. The van der Waals surface area contributed by atoms with Crippen LogP contribution in [0.15, 0.2) is 23.2 Å². The van der Waals surface area contributed by atoms with Crippen LogP contribution >= 0.6 is 11.8 Å². The fourth-order valence-corrected chi connectivity index (χ4v) is 2.93. The SMILES string of the molecule is CSCCCCNS(=O)(=O)c1cccnc1N. The molecule has 0 aliphatic rings. The Balaban J connectivity index is 2.55. The minimum absolute atomic E-state index is 0.0316. The molecule has 0 bridgehead atoms. The molecule has 1 aromatic rings. The van der Waals surface area contributed by atoms with E-state index in [9.17, 15) is 8.42 Å². The van der Waals surface area contributed by atoms with E-state index in [0.717, 1.165) is 18.6 Å². The normalized spacial score (nSPS) is 11.6. The van der Waals surface area contributed by atoms with Crippen LogP contribution in [-0.4, -0.2) is 32.0 Å². The number of anilines is 1. The third kappa shape index (κ3) is 4.53. The molecule has 0 aromatic carbocycles. The van der Waals surface area contributed by atoms with Crippen molar-refractivity contribution in [2.24, 2.45) is 0 Å². The van der Waals surface area contributed by atoms with E-state index in [4.69, 9.17) is 5.73 Å². The van der Waals surface area contributed by atoms with Crippen molar-refractivity contribution in [2.75, 3.05) is 24.3 Å². The van der Waals surface area contributed by atoms with Gasteiger partial charge in [0.1, 0.15) is 10.7 Å². The van der Waals surface area contributed by atoms with Gasteiger partial charge in [-0.1, -0.05) is 0 Å². The zero-order valence-electron chi connectivity index (χ0n) is 9.72. The van der Waals surface area contributed by atoms with Crippen molar-refractivity contribution in [2.45, 2.75) is 17.7 Å². The third-order valence-electron chi connectivity index (χ3n) is 2.16. The highest BCUT2D eigenvalue weighted by Gasteiger charge is 2.16. The summed E-state index contributed by atoms with van der Waals surface area (Å²) in [7, 11) is -3.52. The number of sulfonamides is 1. The molecule has 1 aromatic heterocycles. The fourth-order valence-electron chi connectivity index (χ4n) is 1.29. The van der Waals surface area contributed by atoms with Crippen molar-refractivity contribution in [1.29, 1.82) is 0 Å². The summed E-state index contributed by atoms with van der Waals surface area (Å²) in [5.74, 6) is 1.07. The van der Waals surface area contributed by atoms with Gasteiger partial charge in [-0.25, -0.2) is 18.1 Å². The molecule has 0 aliphatic heterocycles. The highest BCUT2D eigenvalue weighted by atomic mass is 32.2. The van der Waals surface area contributed by atoms with Crippen LogP contribution in [0.2, 0.25) is 0 Å². The summed E-state index contributed by atoms with van der Waals surface area (Å²) in [6.07, 6.45) is 5.31. The number of thioether (sulfide) groups is 1. The number of nitrogens with two attached hydrogens (primary N) is 1. The first-order valence-corrected chi connectivity index (χ1v) is 8.14. The van der Waals surface area contributed by atoms with Gasteiger partial charge in [-0.3, -0.25) is 0 Å². The highest BCUT2D eigenvalue weighted by Crippen LogP contribution is 2.13. The topological polar surface area (TPSA) is 85.1 Å². The standard InChI is InChI=1S/C10H17N3O2S2/c1-16-8-3-2-7-13-17(14,15)9-5-4-6-12-10(9)11/h4-6,13H,2-3,7-8H2,1H3,(H2,11,12). The van der Waals surface area contributed by atoms with Gasteiger partial charge >= 0.3 is 0 Å². The first kappa shape index (κ1) is 14.3. The van der Waals surface area contributed by atoms with E-state index in [1.54, 1.807) is 17.8 Å². The molecule has 0 spiro atoms. The van der Waals surface area contributed by atoms with Crippen LogP contribution in [0.4, 0.5) is 5.82 Å². The molecule has 1 heterocycles. The van der Waals surface area contributed by atoms with Crippen LogP contribution in [0.1, 0.15) is 12.8 Å². The quantitative estimate of drug-likeness (QED) is 0.727. The van der Waals surface area contributed by atoms with Crippen molar-refractivity contribution in [3.63, 3.8) is 0 Å². The second kappa shape index (κ2) is 6.83. The molecule has 0 amide bonds. The van der Waals surface area contributed by atoms with E-state index < -0.39 is 10.0 Å². The number of aromatic nitrogens is 1. The average Bonchev–Trinajstić information content (AvgIpc) is 2.29. The summed E-state index contributed by atoms with van der Waals surface area (Å²) >= 11 is 1.75. The van der Waals surface area contributed by atoms with Crippen LogP contribution in [0, 0.1) is 0 Å². The number of hydrogen-bond acceptors (Lipinski definition) is 5. The van der Waals surface area contributed by atoms with Gasteiger partial charge in [-0.15, -0.1) is 0 Å². The Morgan fingerprint density at radius 2 is 2.24 bits per heavy atom. The molecule has 0 fully saturated rings. The molecule has 0 radical (unpaired) electrons. The number of nitrogens with zero attached hydrogens (tertiary/aromatic N) is 1. The molecular formula is C10H17N3O2S2. The van der Waals surface area contributed by atoms with E-state index in [2.05, 4.69) is 9.71 Å². The van der Waals surface area contributed by atoms with Gasteiger partial charge in [0, 0.05) is 12.7 Å². The van der Waals surface area contributed by atoms with Gasteiger partial charge in [0.15, 0.2) is 0 Å². The lowest BCUT2D eigenvalue weighted by Gasteiger charge is -2.07. The third-order valence-corrected chi connectivity index (χ3v) is 4.36. The van der Waals surface area contributed by atoms with Gasteiger partial charge in [0.2, 0.25) is 10.0 Å². The molecule has 1 rings (SSSR count). The number of rotatable bonds is 7. The maximum atomic E-state index is 11.8. The van der Waals surface area contributed by atoms with E-state index in [1.807, 2.05) is 6.26 Å². The largest absolute Gasteiger partial charge is 0.383 e. The van der Waals surface area contributed by atoms with Crippen LogP contribution in [-0.2, 0) is 10.0 Å². The van der Waals surface area contributed by atoms with Crippen molar-refractivity contribution < 1.29 is 8.42 Å². The van der Waals surface area contributed by atoms with Crippen molar-refractivity contribution >= 4 is 27.6 Å². The number of unbranched alkanes of at least 4 members (excludes halogenated alkanes) is 1. The van der Waals surface area contributed by atoms with E-state index in [-0.39, 0.29) is 10.7 Å². The van der Waals surface area contributed by atoms with Gasteiger partial charge in [0.05, 0.1) is 0 Å². The van der Waals surface area contributed by atoms with E-state index >= 15 is 0 Å². The summed E-state index contributed by atoms with van der Waals surface area (Å²) in [5, 5.41) is 0. The first-order chi connectivity index (χ1) is 8.08. The summed E-state index contributed by atoms with van der Waals surface area (Å²) in [4.78, 5) is 3.80. The number of hydrogen-bond donors (Lipinski definition) is 2. The molecule has 17 heavy (non-hydrogen) atoms. The number of nitrogen functional groups attached to an aromatic ring is 1. The Labute approximate surface area is 106 Å². The molecule has 0 atom stereocenters.